The Morgan fingerprint density at radius 1 is 1.33 bits per heavy atom. The van der Waals surface area contributed by atoms with Crippen LogP contribution >= 0.6 is 11.3 Å². The third-order valence-electron chi connectivity index (χ3n) is 3.01. The molecule has 0 spiro atoms. The zero-order valence-corrected chi connectivity index (χ0v) is 12.6. The number of pyridine rings is 1. The second-order valence-electron chi connectivity index (χ2n) is 4.85. The highest BCUT2D eigenvalue weighted by Gasteiger charge is 2.15. The summed E-state index contributed by atoms with van der Waals surface area (Å²) in [6, 6.07) is 6.14. The molecule has 0 aliphatic carbocycles. The Hall–Kier alpha value is -2.21. The van der Waals surface area contributed by atoms with Gasteiger partial charge in [0, 0.05) is 31.8 Å². The second kappa shape index (κ2) is 6.49. The van der Waals surface area contributed by atoms with E-state index in [9.17, 15) is 14.4 Å². The lowest BCUT2D eigenvalue weighted by molar-refractivity contribution is 0.0919. The van der Waals surface area contributed by atoms with Crippen LogP contribution in [0, 0.1) is 0 Å². The maximum Gasteiger partial charge on any atom is 0.252 e. The van der Waals surface area contributed by atoms with Gasteiger partial charge >= 0.3 is 0 Å². The molecule has 1 amide bonds. The molecule has 0 aliphatic rings. The van der Waals surface area contributed by atoms with Crippen molar-refractivity contribution in [3.8, 4) is 0 Å². The number of nitrogens with zero attached hydrogens (tertiary/aromatic N) is 1. The minimum atomic E-state index is -0.294. The molecule has 0 saturated carbocycles. The number of hydrogen-bond donors (Lipinski definition) is 1. The first-order chi connectivity index (χ1) is 9.97. The van der Waals surface area contributed by atoms with Crippen molar-refractivity contribution in [2.24, 2.45) is 7.05 Å². The van der Waals surface area contributed by atoms with E-state index < -0.39 is 0 Å². The predicted octanol–water partition coefficient (Wildman–Crippen LogP) is 1.84. The standard InChI is InChI=1S/C15H16N2O3S/c1-10(8-12(18)13-4-3-7-21-13)16-15(20)11-5-6-14(19)17(2)9-11/h3-7,9-10H,8H2,1-2H3,(H,16,20)/t10-/m1/s1. The number of aryl methyl sites for hydroxylation is 1. The van der Waals surface area contributed by atoms with Crippen LogP contribution in [0.1, 0.15) is 33.4 Å². The van der Waals surface area contributed by atoms with Crippen molar-refractivity contribution in [3.05, 3.63) is 56.6 Å². The van der Waals surface area contributed by atoms with E-state index in [0.717, 1.165) is 0 Å². The fourth-order valence-corrected chi connectivity index (χ4v) is 2.58. The van der Waals surface area contributed by atoms with Crippen molar-refractivity contribution in [3.63, 3.8) is 0 Å². The Morgan fingerprint density at radius 3 is 2.71 bits per heavy atom. The summed E-state index contributed by atoms with van der Waals surface area (Å²) in [6.45, 7) is 1.78. The molecule has 0 fully saturated rings. The fourth-order valence-electron chi connectivity index (χ4n) is 1.90. The van der Waals surface area contributed by atoms with Crippen LogP contribution in [0.2, 0.25) is 0 Å². The highest BCUT2D eigenvalue weighted by atomic mass is 32.1. The van der Waals surface area contributed by atoms with Gasteiger partial charge in [0.05, 0.1) is 10.4 Å². The summed E-state index contributed by atoms with van der Waals surface area (Å²) in [5.41, 5.74) is 0.222. The molecule has 1 N–H and O–H groups in total. The van der Waals surface area contributed by atoms with Crippen LogP contribution < -0.4 is 10.9 Å². The van der Waals surface area contributed by atoms with Crippen molar-refractivity contribution in [2.45, 2.75) is 19.4 Å². The van der Waals surface area contributed by atoms with Gasteiger partial charge in [-0.3, -0.25) is 14.4 Å². The summed E-state index contributed by atoms with van der Waals surface area (Å²) >= 11 is 1.39. The Balaban J connectivity index is 1.97. The summed E-state index contributed by atoms with van der Waals surface area (Å²) in [4.78, 5) is 36.0. The number of amides is 1. The third kappa shape index (κ3) is 3.88. The van der Waals surface area contributed by atoms with Gasteiger partial charge in [-0.1, -0.05) is 6.07 Å². The third-order valence-corrected chi connectivity index (χ3v) is 3.92. The van der Waals surface area contributed by atoms with E-state index in [0.29, 0.717) is 10.4 Å². The Bertz CT molecular complexity index is 704. The van der Waals surface area contributed by atoms with Crippen LogP contribution in [-0.2, 0) is 7.05 Å². The van der Waals surface area contributed by atoms with E-state index in [-0.39, 0.29) is 29.7 Å². The molecule has 21 heavy (non-hydrogen) atoms. The highest BCUT2D eigenvalue weighted by molar-refractivity contribution is 7.12. The van der Waals surface area contributed by atoms with Gasteiger partial charge in [-0.25, -0.2) is 0 Å². The van der Waals surface area contributed by atoms with Gasteiger partial charge in [-0.05, 0) is 24.4 Å². The van der Waals surface area contributed by atoms with Gasteiger partial charge in [0.1, 0.15) is 0 Å². The second-order valence-corrected chi connectivity index (χ2v) is 5.79. The number of thiophene rings is 1. The minimum Gasteiger partial charge on any atom is -0.349 e. The van der Waals surface area contributed by atoms with Gasteiger partial charge in [0.25, 0.3) is 5.91 Å². The Kier molecular flexibility index (Phi) is 4.70. The summed E-state index contributed by atoms with van der Waals surface area (Å²) in [5, 5.41) is 4.61. The highest BCUT2D eigenvalue weighted by Crippen LogP contribution is 2.12. The summed E-state index contributed by atoms with van der Waals surface area (Å²) in [5.74, 6) is -0.282. The average Bonchev–Trinajstić information content (AvgIpc) is 2.95. The molecule has 5 nitrogen and oxygen atoms in total. The first-order valence-electron chi connectivity index (χ1n) is 6.51. The lowest BCUT2D eigenvalue weighted by Gasteiger charge is -2.13. The normalized spacial score (nSPS) is 11.9. The summed E-state index contributed by atoms with van der Waals surface area (Å²) in [7, 11) is 1.59. The SMILES string of the molecule is C[C@H](CC(=O)c1cccs1)NC(=O)c1ccc(=O)n(C)c1. The molecule has 0 unspecified atom stereocenters. The van der Waals surface area contributed by atoms with Crippen molar-refractivity contribution >= 4 is 23.0 Å². The first-order valence-corrected chi connectivity index (χ1v) is 7.39. The maximum atomic E-state index is 12.1. The molecule has 0 saturated heterocycles. The number of hydrogen-bond acceptors (Lipinski definition) is 4. The van der Waals surface area contributed by atoms with Crippen molar-refractivity contribution in [2.75, 3.05) is 0 Å². The number of ketones is 1. The summed E-state index contributed by atoms with van der Waals surface area (Å²) < 4.78 is 1.34. The lowest BCUT2D eigenvalue weighted by atomic mass is 10.1. The van der Waals surface area contributed by atoms with E-state index in [4.69, 9.17) is 0 Å². The van der Waals surface area contributed by atoms with Gasteiger partial charge in [-0.15, -0.1) is 11.3 Å². The predicted molar refractivity (Wildman–Crippen MR) is 81.9 cm³/mol. The van der Waals surface area contributed by atoms with Crippen LogP contribution in [0.5, 0.6) is 0 Å². The van der Waals surface area contributed by atoms with Crippen LogP contribution in [0.25, 0.3) is 0 Å². The zero-order chi connectivity index (χ0) is 15.4. The van der Waals surface area contributed by atoms with Gasteiger partial charge in [-0.2, -0.15) is 0 Å². The van der Waals surface area contributed by atoms with E-state index in [1.807, 2.05) is 11.4 Å². The number of aromatic nitrogens is 1. The molecule has 0 aromatic carbocycles. The molecule has 2 rings (SSSR count). The topological polar surface area (TPSA) is 68.2 Å². The average molecular weight is 304 g/mol. The molecule has 6 heteroatoms. The largest absolute Gasteiger partial charge is 0.349 e. The van der Waals surface area contributed by atoms with E-state index in [1.54, 1.807) is 20.0 Å². The Morgan fingerprint density at radius 2 is 2.10 bits per heavy atom. The van der Waals surface area contributed by atoms with Crippen LogP contribution in [0.4, 0.5) is 0 Å². The van der Waals surface area contributed by atoms with E-state index in [1.165, 1.54) is 34.2 Å². The molecule has 0 bridgehead atoms. The van der Waals surface area contributed by atoms with E-state index >= 15 is 0 Å². The maximum absolute atomic E-state index is 12.1. The van der Waals surface area contributed by atoms with Crippen LogP contribution in [0.15, 0.2) is 40.6 Å². The number of nitrogens with one attached hydrogen (secondary N) is 1. The van der Waals surface area contributed by atoms with Gasteiger partial charge in [0.15, 0.2) is 5.78 Å². The molecule has 110 valence electrons. The minimum absolute atomic E-state index is 0.0123. The smallest absolute Gasteiger partial charge is 0.252 e. The number of carbonyl (C=O) groups is 2. The molecule has 2 aromatic heterocycles. The fraction of sp³-hybridized carbons (Fsp3) is 0.267. The molecule has 0 radical (unpaired) electrons. The monoisotopic (exact) mass is 304 g/mol. The van der Waals surface area contributed by atoms with Crippen LogP contribution in [0.3, 0.4) is 0 Å². The molecule has 2 aromatic rings. The van der Waals surface area contributed by atoms with Crippen molar-refractivity contribution < 1.29 is 9.59 Å². The molecular formula is C15H16N2O3S. The number of rotatable bonds is 5. The van der Waals surface area contributed by atoms with E-state index in [2.05, 4.69) is 5.32 Å². The molecule has 0 aliphatic heterocycles. The molecular weight excluding hydrogens is 288 g/mol. The summed E-state index contributed by atoms with van der Waals surface area (Å²) in [6.07, 6.45) is 1.73. The first kappa shape index (κ1) is 15.2. The van der Waals surface area contributed by atoms with Crippen molar-refractivity contribution in [1.82, 2.24) is 9.88 Å². The molecule has 2 heterocycles. The number of Topliss-reactive ketones (excluding diaryl/α,β-unsaturated/α-hetero) is 1. The number of carbonyl (C=O) groups excluding carboxylic acids is 2. The lowest BCUT2D eigenvalue weighted by Crippen LogP contribution is -2.34. The Labute approximate surface area is 126 Å². The molecule has 1 atom stereocenters. The van der Waals surface area contributed by atoms with Gasteiger partial charge in [0.2, 0.25) is 5.56 Å². The quantitative estimate of drug-likeness (QED) is 0.857. The van der Waals surface area contributed by atoms with Crippen molar-refractivity contribution in [1.29, 1.82) is 0 Å². The zero-order valence-electron chi connectivity index (χ0n) is 11.8. The van der Waals surface area contributed by atoms with Crippen LogP contribution in [-0.4, -0.2) is 22.3 Å². The van der Waals surface area contributed by atoms with Gasteiger partial charge < -0.3 is 9.88 Å².